The van der Waals surface area contributed by atoms with Crippen LogP contribution in [0.25, 0.3) is 0 Å². The normalized spacial score (nSPS) is 14.9. The summed E-state index contributed by atoms with van der Waals surface area (Å²) < 4.78 is 0. The van der Waals surface area contributed by atoms with Crippen LogP contribution in [-0.2, 0) is 16.0 Å². The number of hydrogen-bond donors (Lipinski definition) is 1. The molecule has 0 radical (unpaired) electrons. The van der Waals surface area contributed by atoms with Crippen molar-refractivity contribution in [2.45, 2.75) is 52.4 Å². The Labute approximate surface area is 145 Å². The van der Waals surface area contributed by atoms with Gasteiger partial charge in [0.15, 0.2) is 0 Å². The van der Waals surface area contributed by atoms with Gasteiger partial charge < -0.3 is 10.2 Å². The van der Waals surface area contributed by atoms with E-state index in [9.17, 15) is 9.59 Å². The Morgan fingerprint density at radius 1 is 1.08 bits per heavy atom. The Kier molecular flexibility index (Phi) is 6.83. The van der Waals surface area contributed by atoms with Crippen LogP contribution in [0.1, 0.15) is 51.5 Å². The van der Waals surface area contributed by atoms with Crippen LogP contribution in [0.3, 0.4) is 0 Å². The number of rotatable bonds is 10. The first-order valence-corrected chi connectivity index (χ1v) is 9.25. The number of aryl methyl sites for hydroxylation is 1. The summed E-state index contributed by atoms with van der Waals surface area (Å²) in [6.07, 6.45) is 5.09. The van der Waals surface area contributed by atoms with Gasteiger partial charge in [-0.05, 0) is 44.1 Å². The van der Waals surface area contributed by atoms with Crippen LogP contribution in [-0.4, -0.2) is 36.3 Å². The molecule has 1 aliphatic carbocycles. The number of nitrogens with one attached hydrogen (secondary N) is 1. The lowest BCUT2D eigenvalue weighted by Gasteiger charge is -2.26. The van der Waals surface area contributed by atoms with Gasteiger partial charge in [-0.15, -0.1) is 0 Å². The molecule has 0 heterocycles. The van der Waals surface area contributed by atoms with Gasteiger partial charge in [0.05, 0.1) is 0 Å². The number of carbonyl (C=O) groups is 2. The zero-order valence-electron chi connectivity index (χ0n) is 15.0. The van der Waals surface area contributed by atoms with E-state index in [1.807, 2.05) is 23.1 Å². The fraction of sp³-hybridized carbons (Fsp3) is 0.600. The maximum atomic E-state index is 12.8. The molecule has 132 valence electrons. The van der Waals surface area contributed by atoms with E-state index in [0.29, 0.717) is 19.4 Å². The first kappa shape index (κ1) is 18.5. The summed E-state index contributed by atoms with van der Waals surface area (Å²) in [5.41, 5.74) is 0.512. The fourth-order valence-electron chi connectivity index (χ4n) is 3.13. The highest BCUT2D eigenvalue weighted by Crippen LogP contribution is 2.47. The average Bonchev–Trinajstić information content (AvgIpc) is 3.40. The molecule has 0 spiro atoms. The van der Waals surface area contributed by atoms with E-state index in [4.69, 9.17) is 0 Å². The zero-order chi connectivity index (χ0) is 17.4. The predicted octanol–water partition coefficient (Wildman–Crippen LogP) is 3.16. The molecule has 4 nitrogen and oxygen atoms in total. The Morgan fingerprint density at radius 3 is 2.25 bits per heavy atom. The highest BCUT2D eigenvalue weighted by molar-refractivity contribution is 6.07. The van der Waals surface area contributed by atoms with Gasteiger partial charge in [0.1, 0.15) is 5.41 Å². The molecule has 1 aromatic rings. The minimum atomic E-state index is -0.767. The molecule has 1 fully saturated rings. The lowest BCUT2D eigenvalue weighted by molar-refractivity contribution is -0.144. The number of benzene rings is 1. The molecule has 2 amide bonds. The second kappa shape index (κ2) is 8.86. The van der Waals surface area contributed by atoms with E-state index in [-0.39, 0.29) is 11.8 Å². The van der Waals surface area contributed by atoms with Gasteiger partial charge in [0.25, 0.3) is 0 Å². The minimum absolute atomic E-state index is 0.0340. The quantitative estimate of drug-likeness (QED) is 0.529. The van der Waals surface area contributed by atoms with Crippen molar-refractivity contribution in [3.63, 3.8) is 0 Å². The zero-order valence-corrected chi connectivity index (χ0v) is 15.0. The molecule has 0 aromatic heterocycles. The predicted molar refractivity (Wildman–Crippen MR) is 96.6 cm³/mol. The smallest absolute Gasteiger partial charge is 0.238 e. The van der Waals surface area contributed by atoms with Crippen LogP contribution in [0.4, 0.5) is 0 Å². The molecule has 0 aliphatic heterocycles. The van der Waals surface area contributed by atoms with E-state index in [2.05, 4.69) is 31.3 Å². The first-order chi connectivity index (χ1) is 11.6. The van der Waals surface area contributed by atoms with Crippen molar-refractivity contribution in [2.75, 3.05) is 19.6 Å². The van der Waals surface area contributed by atoms with Crippen molar-refractivity contribution in [1.82, 2.24) is 10.2 Å². The number of carbonyl (C=O) groups excluding carboxylic acids is 2. The molecule has 4 heteroatoms. The molecule has 0 saturated heterocycles. The van der Waals surface area contributed by atoms with Crippen LogP contribution in [0, 0.1) is 5.41 Å². The molecular weight excluding hydrogens is 300 g/mol. The Bertz CT molecular complexity index is 532. The van der Waals surface area contributed by atoms with Gasteiger partial charge in [0, 0.05) is 19.6 Å². The summed E-state index contributed by atoms with van der Waals surface area (Å²) in [7, 11) is 0. The maximum Gasteiger partial charge on any atom is 0.238 e. The SMILES string of the molecule is CCCN(CCC)C(=O)C1(C(=O)NCCCc2ccccc2)CC1. The van der Waals surface area contributed by atoms with Crippen molar-refractivity contribution < 1.29 is 9.59 Å². The summed E-state index contributed by atoms with van der Waals surface area (Å²) in [6.45, 7) is 6.26. The van der Waals surface area contributed by atoms with Gasteiger partial charge in [-0.1, -0.05) is 44.2 Å². The van der Waals surface area contributed by atoms with E-state index in [0.717, 1.165) is 38.8 Å². The summed E-state index contributed by atoms with van der Waals surface area (Å²) >= 11 is 0. The molecule has 1 N–H and O–H groups in total. The monoisotopic (exact) mass is 330 g/mol. The Morgan fingerprint density at radius 2 is 1.71 bits per heavy atom. The Balaban J connectivity index is 1.81. The van der Waals surface area contributed by atoms with Crippen LogP contribution in [0.15, 0.2) is 30.3 Å². The second-order valence-corrected chi connectivity index (χ2v) is 6.72. The van der Waals surface area contributed by atoms with E-state index in [1.165, 1.54) is 5.56 Å². The molecule has 0 bridgehead atoms. The van der Waals surface area contributed by atoms with E-state index >= 15 is 0 Å². The summed E-state index contributed by atoms with van der Waals surface area (Å²) in [5, 5.41) is 2.99. The number of hydrogen-bond acceptors (Lipinski definition) is 2. The molecule has 0 unspecified atom stereocenters. The second-order valence-electron chi connectivity index (χ2n) is 6.72. The van der Waals surface area contributed by atoms with Crippen LogP contribution >= 0.6 is 0 Å². The van der Waals surface area contributed by atoms with Gasteiger partial charge >= 0.3 is 0 Å². The third-order valence-corrected chi connectivity index (χ3v) is 4.64. The topological polar surface area (TPSA) is 49.4 Å². The highest BCUT2D eigenvalue weighted by atomic mass is 16.2. The van der Waals surface area contributed by atoms with Crippen LogP contribution in [0.2, 0.25) is 0 Å². The molecular formula is C20H30N2O2. The molecule has 1 aliphatic rings. The third kappa shape index (κ3) is 4.59. The molecule has 1 saturated carbocycles. The van der Waals surface area contributed by atoms with Gasteiger partial charge in [-0.3, -0.25) is 9.59 Å². The van der Waals surface area contributed by atoms with Crippen LogP contribution < -0.4 is 5.32 Å². The molecule has 1 aromatic carbocycles. The molecule has 0 atom stereocenters. The van der Waals surface area contributed by atoms with E-state index in [1.54, 1.807) is 0 Å². The van der Waals surface area contributed by atoms with Crippen molar-refractivity contribution in [1.29, 1.82) is 0 Å². The standard InChI is InChI=1S/C20H30N2O2/c1-3-15-22(16-4-2)19(24)20(12-13-20)18(23)21-14-8-11-17-9-6-5-7-10-17/h5-7,9-10H,3-4,8,11-16H2,1-2H3,(H,21,23). The highest BCUT2D eigenvalue weighted by Gasteiger charge is 2.57. The van der Waals surface area contributed by atoms with E-state index < -0.39 is 5.41 Å². The largest absolute Gasteiger partial charge is 0.355 e. The fourth-order valence-corrected chi connectivity index (χ4v) is 3.13. The van der Waals surface area contributed by atoms with Crippen molar-refractivity contribution >= 4 is 11.8 Å². The van der Waals surface area contributed by atoms with Crippen molar-refractivity contribution in [3.8, 4) is 0 Å². The average molecular weight is 330 g/mol. The van der Waals surface area contributed by atoms with Crippen molar-refractivity contribution in [2.24, 2.45) is 5.41 Å². The number of nitrogens with zero attached hydrogens (tertiary/aromatic N) is 1. The Hall–Kier alpha value is -1.84. The number of amides is 2. The van der Waals surface area contributed by atoms with Gasteiger partial charge in [0.2, 0.25) is 11.8 Å². The maximum absolute atomic E-state index is 12.8. The first-order valence-electron chi connectivity index (χ1n) is 9.25. The molecule has 2 rings (SSSR count). The molecule has 24 heavy (non-hydrogen) atoms. The lowest BCUT2D eigenvalue weighted by atomic mass is 10.0. The summed E-state index contributed by atoms with van der Waals surface area (Å²) in [5.74, 6) is -0.0375. The minimum Gasteiger partial charge on any atom is -0.355 e. The summed E-state index contributed by atoms with van der Waals surface area (Å²) in [4.78, 5) is 27.2. The van der Waals surface area contributed by atoms with Gasteiger partial charge in [-0.25, -0.2) is 0 Å². The lowest BCUT2D eigenvalue weighted by Crippen LogP contribution is -2.46. The summed E-state index contributed by atoms with van der Waals surface area (Å²) in [6, 6.07) is 10.3. The van der Waals surface area contributed by atoms with Crippen LogP contribution in [0.5, 0.6) is 0 Å². The third-order valence-electron chi connectivity index (χ3n) is 4.64. The van der Waals surface area contributed by atoms with Crippen molar-refractivity contribution in [3.05, 3.63) is 35.9 Å². The van der Waals surface area contributed by atoms with Gasteiger partial charge in [-0.2, -0.15) is 0 Å².